The number of carbonyl (C=O) groups is 1. The Morgan fingerprint density at radius 3 is 3.05 bits per heavy atom. The van der Waals surface area contributed by atoms with Crippen LogP contribution in [0.4, 0.5) is 5.82 Å². The summed E-state index contributed by atoms with van der Waals surface area (Å²) in [5.74, 6) is 0.471. The summed E-state index contributed by atoms with van der Waals surface area (Å²) in [5.41, 5.74) is 0.481. The van der Waals surface area contributed by atoms with E-state index in [-0.39, 0.29) is 12.0 Å². The van der Waals surface area contributed by atoms with E-state index in [1.54, 1.807) is 12.3 Å². The van der Waals surface area contributed by atoms with Crippen molar-refractivity contribution in [3.05, 3.63) is 22.8 Å². The van der Waals surface area contributed by atoms with Crippen LogP contribution in [0, 0.1) is 0 Å². The fraction of sp³-hybridized carbons (Fsp3) is 0.600. The van der Waals surface area contributed by atoms with Crippen molar-refractivity contribution in [3.8, 4) is 0 Å². The fourth-order valence-electron chi connectivity index (χ4n) is 2.26. The van der Waals surface area contributed by atoms with E-state index >= 15 is 0 Å². The van der Waals surface area contributed by atoms with Crippen LogP contribution in [-0.4, -0.2) is 36.7 Å². The third-order valence-corrected chi connectivity index (χ3v) is 3.71. The largest absolute Gasteiger partial charge is 0.378 e. The first-order chi connectivity index (χ1) is 10.2. The van der Waals surface area contributed by atoms with E-state index in [4.69, 9.17) is 16.3 Å². The summed E-state index contributed by atoms with van der Waals surface area (Å²) in [5, 5.41) is 6.46. The van der Waals surface area contributed by atoms with Crippen molar-refractivity contribution >= 4 is 23.3 Å². The molecule has 1 amide bonds. The molecule has 2 heterocycles. The van der Waals surface area contributed by atoms with Crippen molar-refractivity contribution < 1.29 is 9.53 Å². The maximum atomic E-state index is 12.0. The van der Waals surface area contributed by atoms with Gasteiger partial charge < -0.3 is 15.4 Å². The number of hydrogen-bond donors (Lipinski definition) is 2. The van der Waals surface area contributed by atoms with Crippen molar-refractivity contribution in [2.45, 2.75) is 38.7 Å². The molecule has 116 valence electrons. The topological polar surface area (TPSA) is 63.2 Å². The molecule has 0 saturated carbocycles. The Balaban J connectivity index is 1.82. The molecular weight excluding hydrogens is 290 g/mol. The number of anilines is 1. The summed E-state index contributed by atoms with van der Waals surface area (Å²) in [7, 11) is 0. The minimum Gasteiger partial charge on any atom is -0.378 e. The van der Waals surface area contributed by atoms with Gasteiger partial charge in [0.25, 0.3) is 5.91 Å². The molecule has 21 heavy (non-hydrogen) atoms. The zero-order valence-corrected chi connectivity index (χ0v) is 13.1. The molecule has 0 aliphatic carbocycles. The third kappa shape index (κ3) is 4.86. The van der Waals surface area contributed by atoms with Crippen LogP contribution in [0.3, 0.4) is 0 Å². The summed E-state index contributed by atoms with van der Waals surface area (Å²) < 4.78 is 5.52. The molecule has 1 saturated heterocycles. The summed E-state index contributed by atoms with van der Waals surface area (Å²) >= 11 is 6.12. The zero-order chi connectivity index (χ0) is 15.1. The number of hydrogen-bond acceptors (Lipinski definition) is 4. The highest BCUT2D eigenvalue weighted by atomic mass is 35.5. The van der Waals surface area contributed by atoms with Crippen LogP contribution in [0.15, 0.2) is 12.3 Å². The fourth-order valence-corrected chi connectivity index (χ4v) is 2.49. The number of aromatic nitrogens is 1. The van der Waals surface area contributed by atoms with E-state index in [2.05, 4.69) is 22.5 Å². The quantitative estimate of drug-likeness (QED) is 0.813. The van der Waals surface area contributed by atoms with Gasteiger partial charge in [0.15, 0.2) is 0 Å². The summed E-state index contributed by atoms with van der Waals surface area (Å²) in [6, 6.07) is 1.65. The Labute approximate surface area is 130 Å². The molecule has 1 aliphatic heterocycles. The number of ether oxygens (including phenoxy) is 1. The van der Waals surface area contributed by atoms with Gasteiger partial charge in [-0.15, -0.1) is 0 Å². The van der Waals surface area contributed by atoms with Gasteiger partial charge >= 0.3 is 0 Å². The highest BCUT2D eigenvalue weighted by Gasteiger charge is 2.16. The molecule has 2 rings (SSSR count). The van der Waals surface area contributed by atoms with Crippen molar-refractivity contribution in [2.24, 2.45) is 0 Å². The van der Waals surface area contributed by atoms with E-state index in [0.29, 0.717) is 22.9 Å². The van der Waals surface area contributed by atoms with Gasteiger partial charge in [-0.05, 0) is 31.7 Å². The molecule has 0 spiro atoms. The first-order valence-electron chi connectivity index (χ1n) is 7.50. The molecule has 1 aromatic rings. The minimum atomic E-state index is -0.149. The number of carbonyl (C=O) groups excluding carboxylic acids is 1. The van der Waals surface area contributed by atoms with Crippen LogP contribution in [0.1, 0.15) is 43.0 Å². The van der Waals surface area contributed by atoms with Gasteiger partial charge in [-0.2, -0.15) is 0 Å². The van der Waals surface area contributed by atoms with Gasteiger partial charge in [-0.3, -0.25) is 4.79 Å². The van der Waals surface area contributed by atoms with Gasteiger partial charge in [-0.25, -0.2) is 4.98 Å². The standard InChI is InChI=1S/C15H22ClN3O2/c1-2-6-17-14-13(16)9-11(10-19-14)15(20)18-7-5-12-4-3-8-21-12/h9-10,12H,2-8H2,1H3,(H,17,19)(H,18,20). The van der Waals surface area contributed by atoms with E-state index in [1.807, 2.05) is 0 Å². The molecule has 0 aromatic carbocycles. The first-order valence-corrected chi connectivity index (χ1v) is 7.87. The van der Waals surface area contributed by atoms with E-state index in [1.165, 1.54) is 0 Å². The smallest absolute Gasteiger partial charge is 0.252 e. The SMILES string of the molecule is CCCNc1ncc(C(=O)NCCC2CCCO2)cc1Cl. The molecule has 0 radical (unpaired) electrons. The minimum absolute atomic E-state index is 0.149. The van der Waals surface area contributed by atoms with Gasteiger partial charge in [-0.1, -0.05) is 18.5 Å². The summed E-state index contributed by atoms with van der Waals surface area (Å²) in [6.07, 6.45) is 5.87. The van der Waals surface area contributed by atoms with Gasteiger partial charge in [0.1, 0.15) is 5.82 Å². The second kappa shape index (κ2) is 8.20. The Hall–Kier alpha value is -1.33. The van der Waals surface area contributed by atoms with Gasteiger partial charge in [0, 0.05) is 25.9 Å². The summed E-state index contributed by atoms with van der Waals surface area (Å²) in [6.45, 7) is 4.32. The van der Waals surface area contributed by atoms with E-state index in [0.717, 1.165) is 38.8 Å². The van der Waals surface area contributed by atoms with Crippen LogP contribution in [0.5, 0.6) is 0 Å². The maximum Gasteiger partial charge on any atom is 0.252 e. The normalized spacial score (nSPS) is 17.7. The number of nitrogens with zero attached hydrogens (tertiary/aromatic N) is 1. The molecule has 1 fully saturated rings. The lowest BCUT2D eigenvalue weighted by Crippen LogP contribution is -2.27. The molecule has 1 aromatic heterocycles. The highest BCUT2D eigenvalue weighted by molar-refractivity contribution is 6.33. The van der Waals surface area contributed by atoms with Crippen LogP contribution in [0.25, 0.3) is 0 Å². The number of nitrogens with one attached hydrogen (secondary N) is 2. The average Bonchev–Trinajstić information content (AvgIpc) is 2.99. The van der Waals surface area contributed by atoms with Crippen LogP contribution >= 0.6 is 11.6 Å². The molecule has 1 unspecified atom stereocenters. The number of halogens is 1. The van der Waals surface area contributed by atoms with E-state index in [9.17, 15) is 4.79 Å². The molecule has 1 aliphatic rings. The van der Waals surface area contributed by atoms with Crippen molar-refractivity contribution in [2.75, 3.05) is 25.0 Å². The van der Waals surface area contributed by atoms with Gasteiger partial charge in [0.2, 0.25) is 0 Å². The molecule has 0 bridgehead atoms. The zero-order valence-electron chi connectivity index (χ0n) is 12.3. The maximum absolute atomic E-state index is 12.0. The Bertz CT molecular complexity index is 476. The predicted octanol–water partition coefficient (Wildman–Crippen LogP) is 2.86. The molecule has 1 atom stereocenters. The second-order valence-corrected chi connectivity index (χ2v) is 5.57. The van der Waals surface area contributed by atoms with Crippen molar-refractivity contribution in [3.63, 3.8) is 0 Å². The van der Waals surface area contributed by atoms with Crippen LogP contribution in [0.2, 0.25) is 5.02 Å². The third-order valence-electron chi connectivity index (χ3n) is 3.42. The first kappa shape index (κ1) is 16.0. The second-order valence-electron chi connectivity index (χ2n) is 5.16. The lowest BCUT2D eigenvalue weighted by atomic mass is 10.2. The predicted molar refractivity (Wildman–Crippen MR) is 84.0 cm³/mol. The number of pyridine rings is 1. The lowest BCUT2D eigenvalue weighted by Gasteiger charge is -2.11. The Morgan fingerprint density at radius 1 is 1.52 bits per heavy atom. The average molecular weight is 312 g/mol. The number of rotatable bonds is 7. The highest BCUT2D eigenvalue weighted by Crippen LogP contribution is 2.20. The Kier molecular flexibility index (Phi) is 6.26. The van der Waals surface area contributed by atoms with Gasteiger partial charge in [0.05, 0.1) is 16.7 Å². The molecule has 2 N–H and O–H groups in total. The monoisotopic (exact) mass is 311 g/mol. The summed E-state index contributed by atoms with van der Waals surface area (Å²) in [4.78, 5) is 16.2. The van der Waals surface area contributed by atoms with E-state index < -0.39 is 0 Å². The van der Waals surface area contributed by atoms with Crippen molar-refractivity contribution in [1.29, 1.82) is 0 Å². The number of amides is 1. The molecule has 6 heteroatoms. The van der Waals surface area contributed by atoms with Crippen LogP contribution in [-0.2, 0) is 4.74 Å². The molecule has 5 nitrogen and oxygen atoms in total. The Morgan fingerprint density at radius 2 is 2.38 bits per heavy atom. The van der Waals surface area contributed by atoms with Crippen molar-refractivity contribution in [1.82, 2.24) is 10.3 Å². The van der Waals surface area contributed by atoms with Crippen LogP contribution < -0.4 is 10.6 Å². The lowest BCUT2D eigenvalue weighted by molar-refractivity contribution is 0.0907. The molecular formula is C15H22ClN3O2.